The molecule has 0 spiro atoms. The van der Waals surface area contributed by atoms with Gasteiger partial charge in [-0.25, -0.2) is 4.79 Å². The molecule has 0 radical (unpaired) electrons. The third-order valence-electron chi connectivity index (χ3n) is 4.83. The Morgan fingerprint density at radius 3 is 2.80 bits per heavy atom. The molecule has 1 aromatic carbocycles. The van der Waals surface area contributed by atoms with E-state index < -0.39 is 0 Å². The zero-order chi connectivity index (χ0) is 17.5. The van der Waals surface area contributed by atoms with Crippen LogP contribution in [0.1, 0.15) is 26.2 Å². The molecule has 1 amide bonds. The monoisotopic (exact) mass is 348 g/mol. The van der Waals surface area contributed by atoms with Gasteiger partial charge in [-0.3, -0.25) is 4.90 Å². The van der Waals surface area contributed by atoms with Crippen LogP contribution in [0, 0.1) is 5.92 Å². The van der Waals surface area contributed by atoms with Gasteiger partial charge in [-0.2, -0.15) is 0 Å². The van der Waals surface area contributed by atoms with Crippen LogP contribution in [0.2, 0.25) is 0 Å². The highest BCUT2D eigenvalue weighted by Gasteiger charge is 2.26. The molecule has 0 saturated carbocycles. The van der Waals surface area contributed by atoms with E-state index in [9.17, 15) is 4.79 Å². The van der Waals surface area contributed by atoms with Gasteiger partial charge in [0.2, 0.25) is 0 Å². The molecule has 25 heavy (non-hydrogen) atoms. The largest absolute Gasteiger partial charge is 0.486 e. The molecule has 0 aliphatic carbocycles. The van der Waals surface area contributed by atoms with E-state index in [0.29, 0.717) is 25.7 Å². The molecule has 2 aliphatic heterocycles. The van der Waals surface area contributed by atoms with Crippen molar-refractivity contribution in [3.05, 3.63) is 24.3 Å². The van der Waals surface area contributed by atoms with Crippen LogP contribution in [-0.4, -0.2) is 56.5 Å². The van der Waals surface area contributed by atoms with Crippen molar-refractivity contribution in [2.75, 3.05) is 39.4 Å². The Bertz CT molecular complexity index is 558. The predicted molar refractivity (Wildman–Crippen MR) is 95.2 cm³/mol. The fourth-order valence-electron chi connectivity index (χ4n) is 3.46. The molecule has 2 heterocycles. The highest BCUT2D eigenvalue weighted by molar-refractivity contribution is 5.66. The summed E-state index contributed by atoms with van der Waals surface area (Å²) in [4.78, 5) is 13.7. The van der Waals surface area contributed by atoms with Crippen molar-refractivity contribution >= 4 is 6.09 Å². The van der Waals surface area contributed by atoms with Gasteiger partial charge in [-0.1, -0.05) is 12.1 Å². The molecule has 2 aliphatic rings. The van der Waals surface area contributed by atoms with Gasteiger partial charge >= 0.3 is 6.09 Å². The fraction of sp³-hybridized carbons (Fsp3) is 0.632. The number of fused-ring (bicyclic) bond motifs is 1. The molecule has 1 saturated heterocycles. The number of carbonyl (C=O) groups excluding carboxylic acids is 1. The molecule has 6 heteroatoms. The maximum Gasteiger partial charge on any atom is 0.407 e. The highest BCUT2D eigenvalue weighted by Crippen LogP contribution is 2.31. The van der Waals surface area contributed by atoms with Crippen molar-refractivity contribution in [3.8, 4) is 11.5 Å². The standard InChI is InChI=1S/C19H28N2O4/c1-2-23-19(22)20-10-7-15-8-11-21(12-9-15)13-16-14-24-17-5-3-4-6-18(17)25-16/h3-6,15-16H,2,7-14H2,1H3,(H,20,22). The van der Waals surface area contributed by atoms with Gasteiger partial charge in [0, 0.05) is 13.1 Å². The minimum absolute atomic E-state index is 0.0944. The topological polar surface area (TPSA) is 60.0 Å². The number of amides is 1. The molecule has 1 unspecified atom stereocenters. The minimum atomic E-state index is -0.310. The Morgan fingerprint density at radius 1 is 1.28 bits per heavy atom. The van der Waals surface area contributed by atoms with Crippen molar-refractivity contribution in [2.45, 2.75) is 32.3 Å². The summed E-state index contributed by atoms with van der Waals surface area (Å²) in [6.45, 7) is 6.59. The molecule has 3 rings (SSSR count). The summed E-state index contributed by atoms with van der Waals surface area (Å²) in [5.41, 5.74) is 0. The summed E-state index contributed by atoms with van der Waals surface area (Å²) in [5, 5.41) is 2.81. The van der Waals surface area contributed by atoms with E-state index in [4.69, 9.17) is 14.2 Å². The van der Waals surface area contributed by atoms with Crippen molar-refractivity contribution in [1.29, 1.82) is 0 Å². The van der Waals surface area contributed by atoms with Crippen LogP contribution in [0.3, 0.4) is 0 Å². The zero-order valence-corrected chi connectivity index (χ0v) is 14.9. The van der Waals surface area contributed by atoms with Crippen molar-refractivity contribution < 1.29 is 19.0 Å². The number of benzene rings is 1. The van der Waals surface area contributed by atoms with Crippen molar-refractivity contribution in [1.82, 2.24) is 10.2 Å². The van der Waals surface area contributed by atoms with Gasteiger partial charge in [-0.15, -0.1) is 0 Å². The number of ether oxygens (including phenoxy) is 3. The summed E-state index contributed by atoms with van der Waals surface area (Å²) in [7, 11) is 0. The first kappa shape index (κ1) is 17.9. The Kier molecular flexibility index (Phi) is 6.39. The molecule has 0 bridgehead atoms. The molecule has 1 N–H and O–H groups in total. The molecule has 1 aromatic rings. The first-order valence-corrected chi connectivity index (χ1v) is 9.26. The molecule has 1 fully saturated rings. The summed E-state index contributed by atoms with van der Waals surface area (Å²) in [6.07, 6.45) is 3.12. The lowest BCUT2D eigenvalue weighted by Crippen LogP contribution is -2.44. The number of alkyl carbamates (subject to hydrolysis) is 1. The Labute approximate surface area is 149 Å². The number of hydrogen-bond donors (Lipinski definition) is 1. The maximum atomic E-state index is 11.3. The van der Waals surface area contributed by atoms with Crippen LogP contribution in [-0.2, 0) is 4.74 Å². The molecule has 6 nitrogen and oxygen atoms in total. The fourth-order valence-corrected chi connectivity index (χ4v) is 3.46. The van der Waals surface area contributed by atoms with E-state index in [1.54, 1.807) is 0 Å². The Morgan fingerprint density at radius 2 is 2.04 bits per heavy atom. The molecular formula is C19H28N2O4. The van der Waals surface area contributed by atoms with Crippen molar-refractivity contribution in [3.63, 3.8) is 0 Å². The lowest BCUT2D eigenvalue weighted by atomic mass is 9.93. The van der Waals surface area contributed by atoms with Crippen LogP contribution < -0.4 is 14.8 Å². The number of hydrogen-bond acceptors (Lipinski definition) is 5. The van der Waals surface area contributed by atoms with E-state index in [1.165, 1.54) is 0 Å². The maximum absolute atomic E-state index is 11.3. The quantitative estimate of drug-likeness (QED) is 0.856. The number of nitrogens with zero attached hydrogens (tertiary/aromatic N) is 1. The first-order chi connectivity index (χ1) is 12.2. The average molecular weight is 348 g/mol. The van der Waals surface area contributed by atoms with Gasteiger partial charge < -0.3 is 19.5 Å². The van der Waals surface area contributed by atoms with E-state index in [2.05, 4.69) is 10.2 Å². The third-order valence-corrected chi connectivity index (χ3v) is 4.83. The van der Waals surface area contributed by atoms with E-state index in [-0.39, 0.29) is 12.2 Å². The van der Waals surface area contributed by atoms with Crippen LogP contribution in [0.25, 0.3) is 0 Å². The Hall–Kier alpha value is -1.95. The van der Waals surface area contributed by atoms with E-state index in [1.807, 2.05) is 31.2 Å². The third kappa shape index (κ3) is 5.26. The van der Waals surface area contributed by atoms with Crippen molar-refractivity contribution in [2.24, 2.45) is 5.92 Å². The average Bonchev–Trinajstić information content (AvgIpc) is 2.63. The number of rotatable bonds is 6. The molecule has 138 valence electrons. The minimum Gasteiger partial charge on any atom is -0.486 e. The molecular weight excluding hydrogens is 320 g/mol. The van der Waals surface area contributed by atoms with Crippen LogP contribution in [0.4, 0.5) is 4.79 Å². The van der Waals surface area contributed by atoms with Gasteiger partial charge in [-0.05, 0) is 57.3 Å². The summed E-state index contributed by atoms with van der Waals surface area (Å²) >= 11 is 0. The smallest absolute Gasteiger partial charge is 0.407 e. The van der Waals surface area contributed by atoms with Crippen LogP contribution >= 0.6 is 0 Å². The molecule has 1 atom stereocenters. The number of likely N-dealkylation sites (tertiary alicyclic amines) is 1. The lowest BCUT2D eigenvalue weighted by Gasteiger charge is -2.35. The van der Waals surface area contributed by atoms with Crippen LogP contribution in [0.5, 0.6) is 11.5 Å². The predicted octanol–water partition coefficient (Wildman–Crippen LogP) is 2.67. The molecule has 0 aromatic heterocycles. The number of para-hydroxylation sites is 2. The van der Waals surface area contributed by atoms with Gasteiger partial charge in [0.05, 0.1) is 6.61 Å². The normalized spacial score (nSPS) is 20.9. The Balaban J connectivity index is 1.34. The summed E-state index contributed by atoms with van der Waals surface area (Å²) in [6, 6.07) is 7.84. The highest BCUT2D eigenvalue weighted by atomic mass is 16.6. The number of nitrogens with one attached hydrogen (secondary N) is 1. The summed E-state index contributed by atoms with van der Waals surface area (Å²) in [5.74, 6) is 2.35. The van der Waals surface area contributed by atoms with E-state index >= 15 is 0 Å². The second-order valence-electron chi connectivity index (χ2n) is 6.68. The van der Waals surface area contributed by atoms with Crippen LogP contribution in [0.15, 0.2) is 24.3 Å². The number of carbonyl (C=O) groups is 1. The summed E-state index contributed by atoms with van der Waals surface area (Å²) < 4.78 is 16.7. The lowest BCUT2D eigenvalue weighted by molar-refractivity contribution is 0.0472. The second kappa shape index (κ2) is 8.94. The van der Waals surface area contributed by atoms with E-state index in [0.717, 1.165) is 50.4 Å². The van der Waals surface area contributed by atoms with Gasteiger partial charge in [0.25, 0.3) is 0 Å². The van der Waals surface area contributed by atoms with Gasteiger partial charge in [0.1, 0.15) is 12.7 Å². The number of piperidine rings is 1. The zero-order valence-electron chi connectivity index (χ0n) is 14.9. The SMILES string of the molecule is CCOC(=O)NCCC1CCN(CC2COc3ccccc3O2)CC1. The van der Waals surface area contributed by atoms with Gasteiger partial charge in [0.15, 0.2) is 11.5 Å². The second-order valence-corrected chi connectivity index (χ2v) is 6.68. The first-order valence-electron chi connectivity index (χ1n) is 9.26.